The van der Waals surface area contributed by atoms with Crippen molar-refractivity contribution < 1.29 is 11.3 Å². The molecule has 1 atom stereocenters. The van der Waals surface area contributed by atoms with E-state index in [0.29, 0.717) is 17.6 Å². The van der Waals surface area contributed by atoms with E-state index in [1.54, 1.807) is 0 Å². The van der Waals surface area contributed by atoms with Crippen LogP contribution in [-0.4, -0.2) is 10.9 Å². The van der Waals surface area contributed by atoms with Gasteiger partial charge in [-0.3, -0.25) is 4.79 Å². The Kier molecular flexibility index (Phi) is 4.69. The predicted octanol–water partition coefficient (Wildman–Crippen LogP) is 4.66. The summed E-state index contributed by atoms with van der Waals surface area (Å²) in [6.45, 7) is 0. The van der Waals surface area contributed by atoms with Crippen LogP contribution in [0.25, 0.3) is 0 Å². The summed E-state index contributed by atoms with van der Waals surface area (Å²) in [7, 11) is 0. The summed E-state index contributed by atoms with van der Waals surface area (Å²) >= 11 is 0. The Balaban J connectivity index is 0.000000160. The minimum Gasteiger partial charge on any atom is -0.388 e. The molecule has 1 N–H and O–H groups in total. The van der Waals surface area contributed by atoms with E-state index in [9.17, 15) is 9.90 Å². The fourth-order valence-corrected chi connectivity index (χ4v) is 2.52. The highest BCUT2D eigenvalue weighted by molar-refractivity contribution is 5.99. The van der Waals surface area contributed by atoms with E-state index < -0.39 is 0 Å². The molecular weight excluding hydrogens is 272 g/mol. The molecule has 2 aromatic rings. The summed E-state index contributed by atoms with van der Waals surface area (Å²) in [4.78, 5) is 11.4. The molecule has 1 unspecified atom stereocenters. The third-order valence-corrected chi connectivity index (χ3v) is 4.22. The molecule has 2 nitrogen and oxygen atoms in total. The number of carbonyl (C=O) groups excluding carboxylic acids is 1. The highest BCUT2D eigenvalue weighted by atomic mass is 16.3. The second-order valence-corrected chi connectivity index (χ2v) is 6.20. The fourth-order valence-electron chi connectivity index (χ4n) is 2.52. The van der Waals surface area contributed by atoms with Gasteiger partial charge in [0.25, 0.3) is 0 Å². The molecule has 0 amide bonds. The number of carbonyl (C=O) groups is 1. The lowest BCUT2D eigenvalue weighted by Crippen LogP contribution is -1.99. The van der Waals surface area contributed by atoms with Crippen LogP contribution in [0.2, 0.25) is 0 Å². The van der Waals surface area contributed by atoms with Crippen molar-refractivity contribution in [2.75, 3.05) is 0 Å². The van der Waals surface area contributed by atoms with Crippen molar-refractivity contribution in [3.8, 4) is 0 Å². The van der Waals surface area contributed by atoms with E-state index in [2.05, 4.69) is 0 Å². The highest BCUT2D eigenvalue weighted by Crippen LogP contribution is 2.40. The first-order valence-electron chi connectivity index (χ1n) is 8.08. The number of benzene rings is 2. The first kappa shape index (κ1) is 15.0. The van der Waals surface area contributed by atoms with E-state index >= 15 is 0 Å². The van der Waals surface area contributed by atoms with Gasteiger partial charge in [0.2, 0.25) is 0 Å². The molecular formula is C20H24O2. The monoisotopic (exact) mass is 296 g/mol. The van der Waals surface area contributed by atoms with Gasteiger partial charge in [-0.2, -0.15) is 0 Å². The Labute approximate surface area is 133 Å². The molecule has 116 valence electrons. The van der Waals surface area contributed by atoms with E-state index in [0.717, 1.165) is 24.0 Å². The van der Waals surface area contributed by atoms with Crippen molar-refractivity contribution in [1.82, 2.24) is 0 Å². The largest absolute Gasteiger partial charge is 0.388 e. The fraction of sp³-hybridized carbons (Fsp3) is 0.350. The van der Waals surface area contributed by atoms with Crippen molar-refractivity contribution in [3.05, 3.63) is 71.8 Å². The predicted molar refractivity (Wildman–Crippen MR) is 89.7 cm³/mol. The molecule has 22 heavy (non-hydrogen) atoms. The molecule has 0 radical (unpaired) electrons. The van der Waals surface area contributed by atoms with E-state index in [4.69, 9.17) is 0 Å². The number of aliphatic hydroxyl groups excluding tert-OH is 1. The lowest BCUT2D eigenvalue weighted by molar-refractivity contribution is 0.0967. The van der Waals surface area contributed by atoms with Crippen LogP contribution < -0.4 is 0 Å². The van der Waals surface area contributed by atoms with E-state index in [-0.39, 0.29) is 7.53 Å². The summed E-state index contributed by atoms with van der Waals surface area (Å²) in [5.74, 6) is 1.21. The van der Waals surface area contributed by atoms with Crippen molar-refractivity contribution in [2.45, 2.75) is 31.8 Å². The average molecular weight is 296 g/mol. The normalized spacial score (nSPS) is 18.0. The van der Waals surface area contributed by atoms with Gasteiger partial charge in [-0.05, 0) is 37.2 Å². The van der Waals surface area contributed by atoms with Crippen LogP contribution in [0.1, 0.15) is 49.1 Å². The molecule has 2 saturated carbocycles. The SMILES string of the molecule is O=C(c1ccccc1)C1CC1.OC(c1ccccc1)C1CC1.[HH]. The van der Waals surface area contributed by atoms with E-state index in [1.807, 2.05) is 60.7 Å². The Bertz CT molecular complexity index is 604. The van der Waals surface area contributed by atoms with Gasteiger partial charge in [-0.1, -0.05) is 60.7 Å². The van der Waals surface area contributed by atoms with Crippen LogP contribution in [-0.2, 0) is 0 Å². The van der Waals surface area contributed by atoms with Gasteiger partial charge in [0.05, 0.1) is 6.10 Å². The Hall–Kier alpha value is -1.93. The van der Waals surface area contributed by atoms with Crippen LogP contribution in [0.15, 0.2) is 60.7 Å². The standard InChI is InChI=1S/C10H12O.C10H10O.H2/c2*11-10(9-6-7-9)8-4-2-1-3-5-8;/h1-5,9-11H,6-7H2;1-5,9H,6-7H2;1H. The maximum absolute atomic E-state index is 11.4. The molecule has 2 aromatic carbocycles. The van der Waals surface area contributed by atoms with Gasteiger partial charge in [0.15, 0.2) is 5.78 Å². The molecule has 2 heteroatoms. The second-order valence-electron chi connectivity index (χ2n) is 6.20. The van der Waals surface area contributed by atoms with Crippen molar-refractivity contribution in [1.29, 1.82) is 0 Å². The van der Waals surface area contributed by atoms with Crippen LogP contribution in [0.3, 0.4) is 0 Å². The van der Waals surface area contributed by atoms with Gasteiger partial charge in [-0.25, -0.2) is 0 Å². The maximum Gasteiger partial charge on any atom is 0.165 e. The van der Waals surface area contributed by atoms with Gasteiger partial charge in [0, 0.05) is 12.9 Å². The number of aliphatic hydroxyl groups is 1. The minimum atomic E-state index is -0.212. The van der Waals surface area contributed by atoms with Crippen molar-refractivity contribution in [3.63, 3.8) is 0 Å². The topological polar surface area (TPSA) is 37.3 Å². The lowest BCUT2D eigenvalue weighted by atomic mass is 10.1. The Morgan fingerprint density at radius 1 is 0.909 bits per heavy atom. The zero-order chi connectivity index (χ0) is 15.4. The Morgan fingerprint density at radius 2 is 1.45 bits per heavy atom. The molecule has 0 aromatic heterocycles. The molecule has 0 saturated heterocycles. The summed E-state index contributed by atoms with van der Waals surface area (Å²) in [5.41, 5.74) is 1.94. The maximum atomic E-state index is 11.4. The third-order valence-electron chi connectivity index (χ3n) is 4.22. The molecule has 0 aliphatic heterocycles. The smallest absolute Gasteiger partial charge is 0.165 e. The lowest BCUT2D eigenvalue weighted by Gasteiger charge is -2.07. The molecule has 2 aliphatic rings. The van der Waals surface area contributed by atoms with Gasteiger partial charge < -0.3 is 5.11 Å². The minimum absolute atomic E-state index is 0. The van der Waals surface area contributed by atoms with Gasteiger partial charge in [0.1, 0.15) is 0 Å². The van der Waals surface area contributed by atoms with Crippen LogP contribution in [0, 0.1) is 11.8 Å². The number of hydrogen-bond donors (Lipinski definition) is 1. The summed E-state index contributed by atoms with van der Waals surface area (Å²) in [6, 6.07) is 19.4. The Morgan fingerprint density at radius 3 is 1.95 bits per heavy atom. The van der Waals surface area contributed by atoms with Crippen molar-refractivity contribution >= 4 is 5.78 Å². The first-order valence-corrected chi connectivity index (χ1v) is 8.08. The molecule has 4 rings (SSSR count). The van der Waals surface area contributed by atoms with Gasteiger partial charge in [-0.15, -0.1) is 0 Å². The molecule has 0 heterocycles. The van der Waals surface area contributed by atoms with Gasteiger partial charge >= 0.3 is 0 Å². The zero-order valence-corrected chi connectivity index (χ0v) is 12.7. The van der Waals surface area contributed by atoms with Crippen molar-refractivity contribution in [2.24, 2.45) is 11.8 Å². The molecule has 0 bridgehead atoms. The molecule has 0 spiro atoms. The number of hydrogen-bond acceptors (Lipinski definition) is 2. The van der Waals surface area contributed by atoms with Crippen LogP contribution >= 0.6 is 0 Å². The zero-order valence-electron chi connectivity index (χ0n) is 12.7. The van der Waals surface area contributed by atoms with E-state index in [1.165, 1.54) is 12.8 Å². The van der Waals surface area contributed by atoms with Crippen LogP contribution in [0.4, 0.5) is 0 Å². The quantitative estimate of drug-likeness (QED) is 0.833. The first-order chi connectivity index (χ1) is 10.8. The number of Topliss-reactive ketones (excluding diaryl/α,β-unsaturated/α-hetero) is 1. The molecule has 2 fully saturated rings. The molecule has 2 aliphatic carbocycles. The third kappa shape index (κ3) is 4.05. The summed E-state index contributed by atoms with van der Waals surface area (Å²) in [6.07, 6.45) is 4.35. The summed E-state index contributed by atoms with van der Waals surface area (Å²) < 4.78 is 0. The van der Waals surface area contributed by atoms with Crippen LogP contribution in [0.5, 0.6) is 0 Å². The number of rotatable bonds is 4. The second kappa shape index (κ2) is 6.89. The number of ketones is 1. The summed E-state index contributed by atoms with van der Waals surface area (Å²) in [5, 5.41) is 9.66. The average Bonchev–Trinajstić information content (AvgIpc) is 3.48. The highest BCUT2D eigenvalue weighted by Gasteiger charge is 2.30.